The third kappa shape index (κ3) is 4.98. The lowest BCUT2D eigenvalue weighted by atomic mass is 10.0. The molecule has 4 rings (SSSR count). The molecule has 0 radical (unpaired) electrons. The summed E-state index contributed by atoms with van der Waals surface area (Å²) in [5.74, 6) is -3.40. The van der Waals surface area contributed by atoms with Crippen LogP contribution in [0.5, 0.6) is 0 Å². The van der Waals surface area contributed by atoms with Crippen LogP contribution in [0.3, 0.4) is 0 Å². The highest BCUT2D eigenvalue weighted by Crippen LogP contribution is 2.34. The lowest BCUT2D eigenvalue weighted by molar-refractivity contribution is -0.123. The van der Waals surface area contributed by atoms with Crippen LogP contribution < -0.4 is 10.6 Å². The zero-order valence-electron chi connectivity index (χ0n) is 18.2. The van der Waals surface area contributed by atoms with Gasteiger partial charge in [-0.05, 0) is 32.0 Å². The number of alkyl halides is 2. The first kappa shape index (κ1) is 22.4. The van der Waals surface area contributed by atoms with E-state index in [-0.39, 0.29) is 30.2 Å². The van der Waals surface area contributed by atoms with Gasteiger partial charge in [-0.2, -0.15) is 5.10 Å². The number of aromatic nitrogens is 2. The maximum atomic E-state index is 14.3. The molecule has 0 spiro atoms. The second-order valence-electron chi connectivity index (χ2n) is 8.52. The van der Waals surface area contributed by atoms with Gasteiger partial charge in [0.25, 0.3) is 5.92 Å². The Morgan fingerprint density at radius 2 is 2.03 bits per heavy atom. The maximum absolute atomic E-state index is 14.3. The van der Waals surface area contributed by atoms with Crippen LogP contribution in [0, 0.1) is 5.92 Å². The number of hydrogen-bond acceptors (Lipinski definition) is 4. The third-order valence-electron chi connectivity index (χ3n) is 6.23. The quantitative estimate of drug-likeness (QED) is 0.654. The minimum Gasteiger partial charge on any atom is -0.355 e. The molecule has 2 aromatic rings. The Balaban J connectivity index is 1.59. The van der Waals surface area contributed by atoms with E-state index in [2.05, 4.69) is 20.6 Å². The molecule has 1 aromatic heterocycles. The smallest absolute Gasteiger partial charge is 0.273 e. The van der Waals surface area contributed by atoms with Crippen molar-refractivity contribution in [3.8, 4) is 11.3 Å². The zero-order chi connectivity index (χ0) is 22.7. The Labute approximate surface area is 186 Å². The second-order valence-corrected chi connectivity index (χ2v) is 8.52. The lowest BCUT2D eigenvalue weighted by Crippen LogP contribution is -2.26. The number of rotatable bonds is 8. The number of carbonyl (C=O) groups is 2. The van der Waals surface area contributed by atoms with Crippen molar-refractivity contribution >= 4 is 17.6 Å². The number of anilines is 1. The van der Waals surface area contributed by atoms with E-state index in [0.717, 1.165) is 19.6 Å². The summed E-state index contributed by atoms with van der Waals surface area (Å²) in [5, 5.41) is 10.0. The molecule has 32 heavy (non-hydrogen) atoms. The number of nitrogens with one attached hydrogen (secondary N) is 2. The fourth-order valence-electron chi connectivity index (χ4n) is 4.25. The molecule has 2 saturated heterocycles. The van der Waals surface area contributed by atoms with Gasteiger partial charge in [0.1, 0.15) is 0 Å². The van der Waals surface area contributed by atoms with Crippen molar-refractivity contribution in [3.63, 3.8) is 0 Å². The number of nitrogens with zero attached hydrogens (tertiary/aromatic N) is 3. The van der Waals surface area contributed by atoms with Crippen LogP contribution in [0.15, 0.2) is 30.3 Å². The summed E-state index contributed by atoms with van der Waals surface area (Å²) in [5.41, 5.74) is 1.27. The second kappa shape index (κ2) is 9.36. The lowest BCUT2D eigenvalue weighted by Gasteiger charge is -2.17. The normalized spacial score (nSPS) is 19.3. The standard InChI is InChI=1S/C23H29F2N5O2/c1-2-23(24,25)18-7-5-6-16(12-18)19-14-20(27-22(32)17-13-21(31)26-15-17)28-30(19)11-10-29-8-3-4-9-29/h5-7,12,14,17H,2-4,8-11,13,15H2,1H3,(H,26,31)(H,27,28,32)/t17-/m1/s1. The Bertz CT molecular complexity index is 985. The predicted molar refractivity (Wildman–Crippen MR) is 117 cm³/mol. The van der Waals surface area contributed by atoms with Gasteiger partial charge in [-0.3, -0.25) is 14.3 Å². The molecule has 2 aliphatic rings. The highest BCUT2D eigenvalue weighted by atomic mass is 19.3. The Morgan fingerprint density at radius 1 is 1.25 bits per heavy atom. The van der Waals surface area contributed by atoms with E-state index in [1.165, 1.54) is 31.9 Å². The summed E-state index contributed by atoms with van der Waals surface area (Å²) < 4.78 is 30.4. The van der Waals surface area contributed by atoms with Crippen molar-refractivity contribution in [1.82, 2.24) is 20.0 Å². The van der Waals surface area contributed by atoms with Gasteiger partial charge >= 0.3 is 0 Å². The average Bonchev–Trinajstić information content (AvgIpc) is 3.53. The van der Waals surface area contributed by atoms with Crippen molar-refractivity contribution in [3.05, 3.63) is 35.9 Å². The van der Waals surface area contributed by atoms with Gasteiger partial charge in [-0.1, -0.05) is 25.1 Å². The van der Waals surface area contributed by atoms with E-state index in [4.69, 9.17) is 0 Å². The number of likely N-dealkylation sites (tertiary alicyclic amines) is 1. The molecule has 1 atom stereocenters. The monoisotopic (exact) mass is 445 g/mol. The minimum atomic E-state index is -2.91. The number of benzene rings is 1. The first-order chi connectivity index (χ1) is 15.4. The van der Waals surface area contributed by atoms with Crippen LogP contribution in [-0.4, -0.2) is 52.7 Å². The molecule has 2 aliphatic heterocycles. The van der Waals surface area contributed by atoms with Crippen molar-refractivity contribution in [1.29, 1.82) is 0 Å². The largest absolute Gasteiger partial charge is 0.355 e. The zero-order valence-corrected chi connectivity index (χ0v) is 18.2. The molecule has 2 fully saturated rings. The number of carbonyl (C=O) groups excluding carboxylic acids is 2. The SMILES string of the molecule is CCC(F)(F)c1cccc(-c2cc(NC(=O)[C@H]3CNC(=O)C3)nn2CCN2CCCC2)c1. The van der Waals surface area contributed by atoms with Gasteiger partial charge in [0, 0.05) is 43.1 Å². The summed E-state index contributed by atoms with van der Waals surface area (Å²) in [7, 11) is 0. The van der Waals surface area contributed by atoms with Crippen molar-refractivity contribution < 1.29 is 18.4 Å². The van der Waals surface area contributed by atoms with E-state index >= 15 is 0 Å². The van der Waals surface area contributed by atoms with E-state index in [9.17, 15) is 18.4 Å². The van der Waals surface area contributed by atoms with Crippen LogP contribution in [0.25, 0.3) is 11.3 Å². The number of hydrogen-bond donors (Lipinski definition) is 2. The van der Waals surface area contributed by atoms with Gasteiger partial charge < -0.3 is 15.5 Å². The molecule has 7 nitrogen and oxygen atoms in total. The molecule has 1 aromatic carbocycles. The molecule has 0 saturated carbocycles. The van der Waals surface area contributed by atoms with Gasteiger partial charge in [0.2, 0.25) is 11.8 Å². The van der Waals surface area contributed by atoms with Gasteiger partial charge in [-0.15, -0.1) is 0 Å². The summed E-state index contributed by atoms with van der Waals surface area (Å²) in [4.78, 5) is 26.3. The fraction of sp³-hybridized carbons (Fsp3) is 0.522. The van der Waals surface area contributed by atoms with Crippen molar-refractivity contribution in [2.45, 2.75) is 45.1 Å². The third-order valence-corrected chi connectivity index (χ3v) is 6.23. The Hall–Kier alpha value is -2.81. The first-order valence-corrected chi connectivity index (χ1v) is 11.2. The van der Waals surface area contributed by atoms with E-state index in [0.29, 0.717) is 30.2 Å². The van der Waals surface area contributed by atoms with E-state index in [1.807, 2.05) is 0 Å². The maximum Gasteiger partial charge on any atom is 0.273 e. The van der Waals surface area contributed by atoms with E-state index in [1.54, 1.807) is 22.9 Å². The van der Waals surface area contributed by atoms with E-state index < -0.39 is 11.8 Å². The summed E-state index contributed by atoms with van der Waals surface area (Å²) in [6.07, 6.45) is 2.23. The van der Waals surface area contributed by atoms with Crippen LogP contribution in [0.4, 0.5) is 14.6 Å². The Morgan fingerprint density at radius 3 is 2.72 bits per heavy atom. The molecule has 2 amide bonds. The molecular weight excluding hydrogens is 416 g/mol. The fourth-order valence-corrected chi connectivity index (χ4v) is 4.25. The van der Waals surface area contributed by atoms with Crippen LogP contribution >= 0.6 is 0 Å². The predicted octanol–water partition coefficient (Wildman–Crippen LogP) is 3.22. The van der Waals surface area contributed by atoms with Gasteiger partial charge in [0.15, 0.2) is 5.82 Å². The number of halogens is 2. The molecule has 9 heteroatoms. The molecule has 0 aliphatic carbocycles. The summed E-state index contributed by atoms with van der Waals surface area (Å²) in [6, 6.07) is 8.06. The number of amides is 2. The average molecular weight is 446 g/mol. The molecular formula is C23H29F2N5O2. The summed E-state index contributed by atoms with van der Waals surface area (Å²) >= 11 is 0. The van der Waals surface area contributed by atoms with Crippen molar-refractivity contribution in [2.75, 3.05) is 31.5 Å². The van der Waals surface area contributed by atoms with Crippen LogP contribution in [0.1, 0.15) is 38.2 Å². The van der Waals surface area contributed by atoms with Crippen molar-refractivity contribution in [2.24, 2.45) is 5.92 Å². The van der Waals surface area contributed by atoms with Crippen LogP contribution in [-0.2, 0) is 22.1 Å². The van der Waals surface area contributed by atoms with Gasteiger partial charge in [-0.25, -0.2) is 8.78 Å². The molecule has 172 valence electrons. The summed E-state index contributed by atoms with van der Waals surface area (Å²) in [6.45, 7) is 5.24. The highest BCUT2D eigenvalue weighted by molar-refractivity contribution is 5.96. The molecule has 0 unspecified atom stereocenters. The highest BCUT2D eigenvalue weighted by Gasteiger charge is 2.30. The molecule has 0 bridgehead atoms. The Kier molecular flexibility index (Phi) is 6.55. The minimum absolute atomic E-state index is 0.0362. The van der Waals surface area contributed by atoms with Gasteiger partial charge in [0.05, 0.1) is 18.2 Å². The first-order valence-electron chi connectivity index (χ1n) is 11.2. The van der Waals surface area contributed by atoms with Crippen LogP contribution in [0.2, 0.25) is 0 Å². The molecule has 2 N–H and O–H groups in total. The topological polar surface area (TPSA) is 79.3 Å². The molecule has 3 heterocycles.